The first-order valence-corrected chi connectivity index (χ1v) is 8.17. The SMILES string of the molecule is CCCCCCCCCCC=CCC(CC(=O)O)C(=O)O. The van der Waals surface area contributed by atoms with Crippen molar-refractivity contribution in [3.63, 3.8) is 0 Å². The maximum absolute atomic E-state index is 10.9. The van der Waals surface area contributed by atoms with Crippen LogP contribution < -0.4 is 0 Å². The quantitative estimate of drug-likeness (QED) is 0.362. The third-order valence-corrected chi connectivity index (χ3v) is 3.58. The van der Waals surface area contributed by atoms with E-state index in [4.69, 9.17) is 10.2 Å². The first-order chi connectivity index (χ1) is 10.1. The molecule has 0 bridgehead atoms. The van der Waals surface area contributed by atoms with Gasteiger partial charge in [0.25, 0.3) is 0 Å². The molecule has 0 aliphatic heterocycles. The Hall–Kier alpha value is -1.32. The van der Waals surface area contributed by atoms with Crippen molar-refractivity contribution in [3.05, 3.63) is 12.2 Å². The van der Waals surface area contributed by atoms with Gasteiger partial charge in [-0.25, -0.2) is 0 Å². The normalized spacial score (nSPS) is 12.6. The van der Waals surface area contributed by atoms with Crippen molar-refractivity contribution in [1.82, 2.24) is 0 Å². The molecule has 122 valence electrons. The molecule has 0 fully saturated rings. The van der Waals surface area contributed by atoms with Gasteiger partial charge in [0.2, 0.25) is 0 Å². The molecule has 0 aliphatic rings. The molecule has 1 atom stereocenters. The second-order valence-electron chi connectivity index (χ2n) is 5.60. The van der Waals surface area contributed by atoms with Crippen molar-refractivity contribution in [2.75, 3.05) is 0 Å². The molecule has 21 heavy (non-hydrogen) atoms. The standard InChI is InChI=1S/C17H30O4/c1-2-3-4-5-6-7-8-9-10-11-12-13-15(17(20)21)14-16(18)19/h11-12,15H,2-10,13-14H2,1H3,(H,18,19)(H,20,21). The molecule has 4 heteroatoms. The van der Waals surface area contributed by atoms with Gasteiger partial charge < -0.3 is 10.2 Å². The largest absolute Gasteiger partial charge is 0.481 e. The first-order valence-electron chi connectivity index (χ1n) is 8.17. The smallest absolute Gasteiger partial charge is 0.307 e. The Morgan fingerprint density at radius 1 is 0.905 bits per heavy atom. The zero-order chi connectivity index (χ0) is 15.9. The summed E-state index contributed by atoms with van der Waals surface area (Å²) >= 11 is 0. The second kappa shape index (κ2) is 13.7. The number of allylic oxidation sites excluding steroid dienone is 2. The lowest BCUT2D eigenvalue weighted by Gasteiger charge is -2.05. The summed E-state index contributed by atoms with van der Waals surface area (Å²) < 4.78 is 0. The molecule has 0 saturated carbocycles. The number of unbranched alkanes of at least 4 members (excludes halogenated alkanes) is 8. The van der Waals surface area contributed by atoms with Gasteiger partial charge in [-0.3, -0.25) is 9.59 Å². The van der Waals surface area contributed by atoms with Gasteiger partial charge in [0.1, 0.15) is 0 Å². The highest BCUT2D eigenvalue weighted by Crippen LogP contribution is 2.12. The van der Waals surface area contributed by atoms with E-state index in [9.17, 15) is 9.59 Å². The van der Waals surface area contributed by atoms with Crippen LogP contribution in [0.1, 0.15) is 77.6 Å². The Balaban J connectivity index is 3.54. The van der Waals surface area contributed by atoms with Gasteiger partial charge in [-0.1, -0.05) is 64.0 Å². The molecule has 1 unspecified atom stereocenters. The van der Waals surface area contributed by atoms with Crippen LogP contribution >= 0.6 is 0 Å². The topological polar surface area (TPSA) is 74.6 Å². The molecular weight excluding hydrogens is 268 g/mol. The van der Waals surface area contributed by atoms with E-state index in [1.165, 1.54) is 44.9 Å². The van der Waals surface area contributed by atoms with Gasteiger partial charge in [0, 0.05) is 0 Å². The Labute approximate surface area is 128 Å². The Bertz CT molecular complexity index is 310. The summed E-state index contributed by atoms with van der Waals surface area (Å²) in [7, 11) is 0. The molecule has 0 saturated heterocycles. The van der Waals surface area contributed by atoms with E-state index in [0.717, 1.165) is 12.8 Å². The number of carboxylic acid groups (broad SMARTS) is 2. The average Bonchev–Trinajstić information content (AvgIpc) is 2.42. The molecule has 0 aromatic heterocycles. The predicted octanol–water partition coefficient (Wildman–Crippen LogP) is 4.64. The second-order valence-corrected chi connectivity index (χ2v) is 5.60. The molecule has 0 heterocycles. The Kier molecular flexibility index (Phi) is 12.8. The fourth-order valence-electron chi connectivity index (χ4n) is 2.26. The third kappa shape index (κ3) is 13.4. The number of rotatable bonds is 14. The zero-order valence-electron chi connectivity index (χ0n) is 13.2. The Morgan fingerprint density at radius 3 is 2.00 bits per heavy atom. The van der Waals surface area contributed by atoms with Crippen molar-refractivity contribution in [2.45, 2.75) is 77.6 Å². The highest BCUT2D eigenvalue weighted by Gasteiger charge is 2.18. The van der Waals surface area contributed by atoms with Crippen molar-refractivity contribution >= 4 is 11.9 Å². The molecule has 4 nitrogen and oxygen atoms in total. The van der Waals surface area contributed by atoms with Crippen LogP contribution in [0.25, 0.3) is 0 Å². The summed E-state index contributed by atoms with van der Waals surface area (Å²) in [5.74, 6) is -2.90. The van der Waals surface area contributed by atoms with Crippen molar-refractivity contribution in [2.24, 2.45) is 5.92 Å². The average molecular weight is 298 g/mol. The number of carbonyl (C=O) groups is 2. The van der Waals surface area contributed by atoms with E-state index < -0.39 is 17.9 Å². The minimum atomic E-state index is -1.06. The lowest BCUT2D eigenvalue weighted by atomic mass is 10.0. The van der Waals surface area contributed by atoms with Crippen LogP contribution in [0.4, 0.5) is 0 Å². The van der Waals surface area contributed by atoms with Gasteiger partial charge in [0.05, 0.1) is 12.3 Å². The summed E-state index contributed by atoms with van der Waals surface area (Å²) in [5.41, 5.74) is 0. The Morgan fingerprint density at radius 2 is 1.48 bits per heavy atom. The van der Waals surface area contributed by atoms with E-state index in [2.05, 4.69) is 6.92 Å². The van der Waals surface area contributed by atoms with E-state index in [0.29, 0.717) is 6.42 Å². The first kappa shape index (κ1) is 19.7. The predicted molar refractivity (Wildman–Crippen MR) is 84.4 cm³/mol. The molecule has 2 N–H and O–H groups in total. The zero-order valence-corrected chi connectivity index (χ0v) is 13.2. The van der Waals surface area contributed by atoms with E-state index in [-0.39, 0.29) is 6.42 Å². The van der Waals surface area contributed by atoms with Crippen LogP contribution in [-0.4, -0.2) is 22.2 Å². The molecule has 0 aromatic rings. The maximum Gasteiger partial charge on any atom is 0.307 e. The monoisotopic (exact) mass is 298 g/mol. The molecule has 0 radical (unpaired) electrons. The van der Waals surface area contributed by atoms with Gasteiger partial charge in [0.15, 0.2) is 0 Å². The van der Waals surface area contributed by atoms with Crippen molar-refractivity contribution in [3.8, 4) is 0 Å². The molecule has 0 spiro atoms. The molecule has 0 amide bonds. The highest BCUT2D eigenvalue weighted by molar-refractivity contribution is 5.77. The van der Waals surface area contributed by atoms with Gasteiger partial charge >= 0.3 is 11.9 Å². The number of hydrogen-bond acceptors (Lipinski definition) is 2. The number of hydrogen-bond donors (Lipinski definition) is 2. The van der Waals surface area contributed by atoms with Gasteiger partial charge in [-0.15, -0.1) is 0 Å². The van der Waals surface area contributed by atoms with E-state index in [1.54, 1.807) is 0 Å². The molecule has 0 aromatic carbocycles. The summed E-state index contributed by atoms with van der Waals surface area (Å²) in [6.07, 6.45) is 15.0. The molecule has 0 aliphatic carbocycles. The molecule has 0 rings (SSSR count). The minimum Gasteiger partial charge on any atom is -0.481 e. The highest BCUT2D eigenvalue weighted by atomic mass is 16.4. The van der Waals surface area contributed by atoms with Crippen LogP contribution in [0, 0.1) is 5.92 Å². The van der Waals surface area contributed by atoms with E-state index in [1.807, 2.05) is 12.2 Å². The number of aliphatic carboxylic acids is 2. The maximum atomic E-state index is 10.9. The fraction of sp³-hybridized carbons (Fsp3) is 0.765. The summed E-state index contributed by atoms with van der Waals surface area (Å²) in [6, 6.07) is 0. The van der Waals surface area contributed by atoms with Crippen LogP contribution in [0.5, 0.6) is 0 Å². The van der Waals surface area contributed by atoms with E-state index >= 15 is 0 Å². The fourth-order valence-corrected chi connectivity index (χ4v) is 2.26. The minimum absolute atomic E-state index is 0.304. The lowest BCUT2D eigenvalue weighted by molar-refractivity contribution is -0.148. The molecular formula is C17H30O4. The summed E-state index contributed by atoms with van der Waals surface area (Å²) in [5, 5.41) is 17.5. The van der Waals surface area contributed by atoms with Crippen molar-refractivity contribution < 1.29 is 19.8 Å². The van der Waals surface area contributed by atoms with Crippen LogP contribution in [0.3, 0.4) is 0 Å². The van der Waals surface area contributed by atoms with Crippen LogP contribution in [-0.2, 0) is 9.59 Å². The summed E-state index contributed by atoms with van der Waals surface area (Å²) in [4.78, 5) is 21.4. The van der Waals surface area contributed by atoms with Crippen molar-refractivity contribution in [1.29, 1.82) is 0 Å². The van der Waals surface area contributed by atoms with Crippen LogP contribution in [0.2, 0.25) is 0 Å². The summed E-state index contributed by atoms with van der Waals surface area (Å²) in [6.45, 7) is 2.22. The van der Waals surface area contributed by atoms with Gasteiger partial charge in [-0.2, -0.15) is 0 Å². The van der Waals surface area contributed by atoms with Gasteiger partial charge in [-0.05, 0) is 19.3 Å². The van der Waals surface area contributed by atoms with Crippen LogP contribution in [0.15, 0.2) is 12.2 Å². The third-order valence-electron chi connectivity index (χ3n) is 3.58. The lowest BCUT2D eigenvalue weighted by Crippen LogP contribution is -2.16. The number of carboxylic acids is 2.